The molecule has 0 N–H and O–H groups in total. The van der Waals surface area contributed by atoms with Crippen LogP contribution in [0.15, 0.2) is 42.0 Å². The van der Waals surface area contributed by atoms with Crippen LogP contribution >= 0.6 is 11.6 Å². The van der Waals surface area contributed by atoms with Gasteiger partial charge in [-0.2, -0.15) is 0 Å². The van der Waals surface area contributed by atoms with Crippen LogP contribution < -0.4 is 0 Å². The second kappa shape index (κ2) is 8.17. The summed E-state index contributed by atoms with van der Waals surface area (Å²) in [6.45, 7) is 5.10. The molecule has 0 bridgehead atoms. The molecule has 1 rings (SSSR count). The zero-order valence-corrected chi connectivity index (χ0v) is 11.9. The van der Waals surface area contributed by atoms with E-state index in [1.165, 1.54) is 6.08 Å². The quantitative estimate of drug-likeness (QED) is 0.460. The van der Waals surface area contributed by atoms with E-state index in [2.05, 4.69) is 11.3 Å². The van der Waals surface area contributed by atoms with Crippen LogP contribution in [-0.2, 0) is 19.1 Å². The van der Waals surface area contributed by atoms with Crippen molar-refractivity contribution in [2.24, 2.45) is 0 Å². The Morgan fingerprint density at radius 1 is 1.20 bits per heavy atom. The third kappa shape index (κ3) is 6.20. The Kier molecular flexibility index (Phi) is 6.53. The Morgan fingerprint density at radius 3 is 2.40 bits per heavy atom. The fraction of sp³-hybridized carbons (Fsp3) is 0.200. The number of benzene rings is 1. The fourth-order valence-corrected chi connectivity index (χ4v) is 1.30. The molecule has 0 saturated heterocycles. The van der Waals surface area contributed by atoms with Crippen molar-refractivity contribution in [1.82, 2.24) is 0 Å². The summed E-state index contributed by atoms with van der Waals surface area (Å²) in [6, 6.07) is 7.69. The van der Waals surface area contributed by atoms with Crippen molar-refractivity contribution in [3.05, 3.63) is 53.1 Å². The second-order valence-electron chi connectivity index (χ2n) is 3.95. The van der Waals surface area contributed by atoms with Crippen molar-refractivity contribution in [2.75, 3.05) is 13.2 Å². The van der Waals surface area contributed by atoms with Gasteiger partial charge in [-0.1, -0.05) is 48.0 Å². The van der Waals surface area contributed by atoms with Crippen LogP contribution in [0, 0.1) is 6.92 Å². The lowest BCUT2D eigenvalue weighted by molar-refractivity contribution is -0.146. The molecule has 0 amide bonds. The van der Waals surface area contributed by atoms with Gasteiger partial charge in [-0.3, -0.25) is 0 Å². The van der Waals surface area contributed by atoms with Gasteiger partial charge in [0.2, 0.25) is 0 Å². The molecule has 5 heteroatoms. The number of halogens is 1. The minimum Gasteiger partial charge on any atom is -0.459 e. The van der Waals surface area contributed by atoms with E-state index in [-0.39, 0.29) is 18.2 Å². The molecule has 4 nitrogen and oxygen atoms in total. The normalized spacial score (nSPS) is 10.3. The highest BCUT2D eigenvalue weighted by atomic mass is 35.5. The van der Waals surface area contributed by atoms with E-state index in [0.29, 0.717) is 0 Å². The van der Waals surface area contributed by atoms with Gasteiger partial charge in [-0.25, -0.2) is 9.59 Å². The van der Waals surface area contributed by atoms with Crippen molar-refractivity contribution >= 4 is 29.6 Å². The maximum Gasteiger partial charge on any atom is 0.349 e. The average Bonchev–Trinajstić information content (AvgIpc) is 2.42. The van der Waals surface area contributed by atoms with Crippen LogP contribution in [0.2, 0.25) is 0 Å². The van der Waals surface area contributed by atoms with Gasteiger partial charge < -0.3 is 9.47 Å². The molecule has 106 valence electrons. The molecule has 20 heavy (non-hydrogen) atoms. The summed E-state index contributed by atoms with van der Waals surface area (Å²) in [5.41, 5.74) is 2.05. The Morgan fingerprint density at radius 2 is 1.80 bits per heavy atom. The lowest BCUT2D eigenvalue weighted by atomic mass is 10.1. The van der Waals surface area contributed by atoms with Crippen LogP contribution in [0.3, 0.4) is 0 Å². The number of aryl methyl sites for hydroxylation is 1. The molecule has 1 aromatic rings. The van der Waals surface area contributed by atoms with Crippen LogP contribution in [-0.4, -0.2) is 25.2 Å². The molecule has 0 aromatic heterocycles. The molecule has 0 radical (unpaired) electrons. The molecule has 0 aliphatic rings. The van der Waals surface area contributed by atoms with Crippen molar-refractivity contribution in [2.45, 2.75) is 6.92 Å². The Balaban J connectivity index is 2.28. The number of hydrogen-bond donors (Lipinski definition) is 0. The van der Waals surface area contributed by atoms with E-state index in [1.807, 2.05) is 31.2 Å². The van der Waals surface area contributed by atoms with Gasteiger partial charge in [0.25, 0.3) is 0 Å². The van der Waals surface area contributed by atoms with Crippen LogP contribution in [0.4, 0.5) is 0 Å². The number of ether oxygens (including phenoxy) is 2. The Labute approximate surface area is 122 Å². The first-order chi connectivity index (χ1) is 9.49. The number of rotatable bonds is 6. The second-order valence-corrected chi connectivity index (χ2v) is 4.41. The lowest BCUT2D eigenvalue weighted by Crippen LogP contribution is -2.12. The number of carbonyl (C=O) groups excluding carboxylic acids is 2. The van der Waals surface area contributed by atoms with Gasteiger partial charge in [0.05, 0.1) is 0 Å². The Hall–Kier alpha value is -2.07. The highest BCUT2D eigenvalue weighted by Crippen LogP contribution is 2.05. The summed E-state index contributed by atoms with van der Waals surface area (Å²) in [6.07, 6.45) is 2.96. The molecule has 0 saturated carbocycles. The maximum absolute atomic E-state index is 11.4. The van der Waals surface area contributed by atoms with Crippen molar-refractivity contribution in [3.63, 3.8) is 0 Å². The summed E-state index contributed by atoms with van der Waals surface area (Å²) >= 11 is 5.31. The van der Waals surface area contributed by atoms with Gasteiger partial charge in [0.15, 0.2) is 0 Å². The molecule has 0 atom stereocenters. The maximum atomic E-state index is 11.4. The van der Waals surface area contributed by atoms with Gasteiger partial charge >= 0.3 is 11.9 Å². The topological polar surface area (TPSA) is 52.6 Å². The monoisotopic (exact) mass is 294 g/mol. The lowest BCUT2D eigenvalue weighted by Gasteiger charge is -2.03. The van der Waals surface area contributed by atoms with Crippen LogP contribution in [0.5, 0.6) is 0 Å². The summed E-state index contributed by atoms with van der Waals surface area (Å²) in [7, 11) is 0. The van der Waals surface area contributed by atoms with Gasteiger partial charge in [-0.15, -0.1) is 0 Å². The number of carbonyl (C=O) groups is 2. The van der Waals surface area contributed by atoms with Gasteiger partial charge in [-0.05, 0) is 18.6 Å². The number of hydrogen-bond acceptors (Lipinski definition) is 4. The summed E-state index contributed by atoms with van der Waals surface area (Å²) in [4.78, 5) is 22.3. The van der Waals surface area contributed by atoms with E-state index in [9.17, 15) is 9.59 Å². The standard InChI is InChI=1S/C15H15ClO4/c1-11-3-5-13(6-4-11)7-8-14(17)19-9-10-20-15(18)12(2)16/h3-8H,2,9-10H2,1H3/b8-7+. The van der Waals surface area contributed by atoms with E-state index in [4.69, 9.17) is 16.3 Å². The third-order valence-electron chi connectivity index (χ3n) is 2.27. The highest BCUT2D eigenvalue weighted by Gasteiger charge is 2.05. The van der Waals surface area contributed by atoms with E-state index in [1.54, 1.807) is 6.08 Å². The summed E-state index contributed by atoms with van der Waals surface area (Å²) < 4.78 is 9.50. The molecule has 0 heterocycles. The van der Waals surface area contributed by atoms with Gasteiger partial charge in [0, 0.05) is 6.08 Å². The first-order valence-electron chi connectivity index (χ1n) is 5.92. The van der Waals surface area contributed by atoms with E-state index in [0.717, 1.165) is 11.1 Å². The molecule has 0 unspecified atom stereocenters. The Bertz CT molecular complexity index is 517. The zero-order chi connectivity index (χ0) is 15.0. The molecule has 0 fully saturated rings. The predicted molar refractivity (Wildman–Crippen MR) is 77.1 cm³/mol. The van der Waals surface area contributed by atoms with Crippen molar-refractivity contribution in [3.8, 4) is 0 Å². The number of esters is 2. The van der Waals surface area contributed by atoms with E-state index >= 15 is 0 Å². The molecule has 0 aliphatic heterocycles. The molecule has 0 spiro atoms. The average molecular weight is 295 g/mol. The van der Waals surface area contributed by atoms with Crippen LogP contribution in [0.25, 0.3) is 6.08 Å². The molecular formula is C15H15ClO4. The van der Waals surface area contributed by atoms with Gasteiger partial charge in [0.1, 0.15) is 18.2 Å². The van der Waals surface area contributed by atoms with Crippen LogP contribution in [0.1, 0.15) is 11.1 Å². The van der Waals surface area contributed by atoms with Crippen molar-refractivity contribution in [1.29, 1.82) is 0 Å². The zero-order valence-electron chi connectivity index (χ0n) is 11.1. The van der Waals surface area contributed by atoms with E-state index < -0.39 is 11.9 Å². The largest absolute Gasteiger partial charge is 0.459 e. The first kappa shape index (κ1) is 16.0. The molecule has 0 aliphatic carbocycles. The predicted octanol–water partition coefficient (Wildman–Crippen LogP) is 2.85. The highest BCUT2D eigenvalue weighted by molar-refractivity contribution is 6.40. The smallest absolute Gasteiger partial charge is 0.349 e. The first-order valence-corrected chi connectivity index (χ1v) is 6.30. The summed E-state index contributed by atoms with van der Waals surface area (Å²) in [5.74, 6) is -1.23. The molecule has 1 aromatic carbocycles. The minimum atomic E-state index is -0.724. The fourth-order valence-electron chi connectivity index (χ4n) is 1.24. The third-order valence-corrected chi connectivity index (χ3v) is 2.43. The van der Waals surface area contributed by atoms with Crippen molar-refractivity contribution < 1.29 is 19.1 Å². The summed E-state index contributed by atoms with van der Waals surface area (Å²) in [5, 5.41) is -0.212. The minimum absolute atomic E-state index is 0.0347. The SMILES string of the molecule is C=C(Cl)C(=O)OCCOC(=O)/C=C/c1ccc(C)cc1. The molecular weight excluding hydrogens is 280 g/mol.